The Morgan fingerprint density at radius 1 is 1.50 bits per heavy atom. The number of nitrogens with zero attached hydrogens (tertiary/aromatic N) is 2. The molecular weight excluding hydrogens is 234 g/mol. The Morgan fingerprint density at radius 2 is 2.22 bits per heavy atom. The largest absolute Gasteiger partial charge is 0.395 e. The molecule has 1 fully saturated rings. The molecule has 6 heteroatoms. The number of anilines is 2. The molecule has 1 aliphatic rings. The first kappa shape index (κ1) is 12.6. The van der Waals surface area contributed by atoms with E-state index in [1.54, 1.807) is 13.1 Å². The van der Waals surface area contributed by atoms with E-state index in [2.05, 4.69) is 5.32 Å². The highest BCUT2D eigenvalue weighted by atomic mass is 16.6. The highest BCUT2D eigenvalue weighted by Gasteiger charge is 2.29. The summed E-state index contributed by atoms with van der Waals surface area (Å²) in [7, 11) is 1.73. The van der Waals surface area contributed by atoms with Crippen LogP contribution in [0.15, 0.2) is 18.2 Å². The molecule has 0 aromatic heterocycles. The summed E-state index contributed by atoms with van der Waals surface area (Å²) >= 11 is 0. The van der Waals surface area contributed by atoms with Crippen LogP contribution in [0.1, 0.15) is 12.8 Å². The molecule has 1 aliphatic carbocycles. The average molecular weight is 251 g/mol. The van der Waals surface area contributed by atoms with Crippen LogP contribution in [0.5, 0.6) is 0 Å². The van der Waals surface area contributed by atoms with Crippen LogP contribution in [-0.4, -0.2) is 36.3 Å². The van der Waals surface area contributed by atoms with Crippen LogP contribution < -0.4 is 10.2 Å². The summed E-state index contributed by atoms with van der Waals surface area (Å²) < 4.78 is 0. The molecule has 1 saturated carbocycles. The number of nitro benzene ring substituents is 1. The van der Waals surface area contributed by atoms with Crippen molar-refractivity contribution in [3.8, 4) is 0 Å². The second-order valence-electron chi connectivity index (χ2n) is 4.39. The van der Waals surface area contributed by atoms with E-state index in [4.69, 9.17) is 5.11 Å². The zero-order valence-corrected chi connectivity index (χ0v) is 10.3. The minimum Gasteiger partial charge on any atom is -0.395 e. The lowest BCUT2D eigenvalue weighted by Crippen LogP contribution is -2.28. The maximum absolute atomic E-state index is 10.9. The molecule has 0 heterocycles. The molecule has 0 bridgehead atoms. The molecule has 0 saturated heterocycles. The van der Waals surface area contributed by atoms with Crippen LogP contribution in [0.4, 0.5) is 17.1 Å². The minimum atomic E-state index is -0.394. The lowest BCUT2D eigenvalue weighted by molar-refractivity contribution is -0.384. The fourth-order valence-electron chi connectivity index (χ4n) is 2.03. The van der Waals surface area contributed by atoms with Gasteiger partial charge in [-0.2, -0.15) is 0 Å². The van der Waals surface area contributed by atoms with Crippen LogP contribution in [0, 0.1) is 10.1 Å². The van der Waals surface area contributed by atoms with Gasteiger partial charge >= 0.3 is 0 Å². The van der Waals surface area contributed by atoms with Crippen molar-refractivity contribution < 1.29 is 10.0 Å². The number of nitrogens with one attached hydrogen (secondary N) is 1. The molecule has 0 unspecified atom stereocenters. The first-order valence-electron chi connectivity index (χ1n) is 6.00. The second-order valence-corrected chi connectivity index (χ2v) is 4.39. The van der Waals surface area contributed by atoms with Crippen molar-refractivity contribution in [3.63, 3.8) is 0 Å². The highest BCUT2D eigenvalue weighted by Crippen LogP contribution is 2.34. The van der Waals surface area contributed by atoms with Crippen LogP contribution in [0.2, 0.25) is 0 Å². The second kappa shape index (κ2) is 5.22. The number of hydrogen-bond acceptors (Lipinski definition) is 5. The Kier molecular flexibility index (Phi) is 3.66. The highest BCUT2D eigenvalue weighted by molar-refractivity contribution is 5.65. The van der Waals surface area contributed by atoms with Gasteiger partial charge < -0.3 is 15.3 Å². The summed E-state index contributed by atoms with van der Waals surface area (Å²) in [4.78, 5) is 12.5. The maximum Gasteiger partial charge on any atom is 0.273 e. The summed E-state index contributed by atoms with van der Waals surface area (Å²) in [5.74, 6) is 0. The first-order valence-corrected chi connectivity index (χ1v) is 6.00. The Morgan fingerprint density at radius 3 is 2.72 bits per heavy atom. The summed E-state index contributed by atoms with van der Waals surface area (Å²) in [6, 6.07) is 5.35. The van der Waals surface area contributed by atoms with Crippen LogP contribution >= 0.6 is 0 Å². The molecule has 0 radical (unpaired) electrons. The summed E-state index contributed by atoms with van der Waals surface area (Å²) in [6.07, 6.45) is 2.16. The fourth-order valence-corrected chi connectivity index (χ4v) is 2.03. The maximum atomic E-state index is 10.9. The molecule has 18 heavy (non-hydrogen) atoms. The zero-order valence-electron chi connectivity index (χ0n) is 10.3. The van der Waals surface area contributed by atoms with E-state index >= 15 is 0 Å². The minimum absolute atomic E-state index is 0.0497. The van der Waals surface area contributed by atoms with E-state index < -0.39 is 4.92 Å². The lowest BCUT2D eigenvalue weighted by Gasteiger charge is -2.24. The zero-order chi connectivity index (χ0) is 13.1. The van der Waals surface area contributed by atoms with Gasteiger partial charge in [0.15, 0.2) is 0 Å². The number of hydrogen-bond donors (Lipinski definition) is 2. The van der Waals surface area contributed by atoms with Crippen molar-refractivity contribution in [1.82, 2.24) is 0 Å². The Balaban J connectivity index is 2.34. The molecule has 0 atom stereocenters. The number of nitro groups is 1. The molecule has 2 N–H and O–H groups in total. The van der Waals surface area contributed by atoms with Crippen molar-refractivity contribution in [1.29, 1.82) is 0 Å². The molecule has 0 aliphatic heterocycles. The van der Waals surface area contributed by atoms with Gasteiger partial charge in [-0.1, -0.05) is 0 Å². The van der Waals surface area contributed by atoms with Gasteiger partial charge in [-0.25, -0.2) is 0 Å². The molecule has 0 spiro atoms. The Labute approximate surface area is 105 Å². The van der Waals surface area contributed by atoms with E-state index in [-0.39, 0.29) is 12.3 Å². The van der Waals surface area contributed by atoms with E-state index in [1.165, 1.54) is 6.07 Å². The smallest absolute Gasteiger partial charge is 0.273 e. The van der Waals surface area contributed by atoms with Crippen LogP contribution in [-0.2, 0) is 0 Å². The summed E-state index contributed by atoms with van der Waals surface area (Å²) in [5, 5.41) is 22.9. The van der Waals surface area contributed by atoms with Crippen LogP contribution in [0.3, 0.4) is 0 Å². The van der Waals surface area contributed by atoms with Crippen molar-refractivity contribution in [2.75, 3.05) is 30.4 Å². The van der Waals surface area contributed by atoms with Gasteiger partial charge in [-0.3, -0.25) is 10.1 Å². The number of aliphatic hydroxyl groups is 1. The predicted molar refractivity (Wildman–Crippen MR) is 70.1 cm³/mol. The van der Waals surface area contributed by atoms with E-state index in [0.29, 0.717) is 18.3 Å². The predicted octanol–water partition coefficient (Wildman–Crippen LogP) is 1.60. The third kappa shape index (κ3) is 2.70. The van der Waals surface area contributed by atoms with Crippen molar-refractivity contribution in [2.24, 2.45) is 0 Å². The molecule has 98 valence electrons. The third-order valence-electron chi connectivity index (χ3n) is 3.06. The number of benzene rings is 1. The van der Waals surface area contributed by atoms with Gasteiger partial charge in [0.05, 0.1) is 11.5 Å². The Hall–Kier alpha value is -1.82. The lowest BCUT2D eigenvalue weighted by atomic mass is 10.2. The van der Waals surface area contributed by atoms with Crippen LogP contribution in [0.25, 0.3) is 0 Å². The SMILES string of the molecule is CNc1cc(N(CCO)C2CC2)cc([N+](=O)[O-])c1. The number of aliphatic hydroxyl groups excluding tert-OH is 1. The van der Waals surface area contributed by atoms with Crippen molar-refractivity contribution in [2.45, 2.75) is 18.9 Å². The molecule has 6 nitrogen and oxygen atoms in total. The fraction of sp³-hybridized carbons (Fsp3) is 0.500. The Bertz CT molecular complexity index is 446. The molecule has 2 rings (SSSR count). The molecule has 0 amide bonds. The first-order chi connectivity index (χ1) is 8.65. The van der Waals surface area contributed by atoms with Gasteiger partial charge in [0.1, 0.15) is 0 Å². The standard InChI is InChI=1S/C12H17N3O3/c1-13-9-6-11(8-12(7-9)15(17)18)14(4-5-16)10-2-3-10/h6-8,10,13,16H,2-5H2,1H3. The number of rotatable bonds is 6. The van der Waals surface area contributed by atoms with E-state index in [0.717, 1.165) is 18.5 Å². The van der Waals surface area contributed by atoms with Crippen molar-refractivity contribution >= 4 is 17.1 Å². The van der Waals surface area contributed by atoms with E-state index in [1.807, 2.05) is 11.0 Å². The van der Waals surface area contributed by atoms with E-state index in [9.17, 15) is 10.1 Å². The number of non-ortho nitro benzene ring substituents is 1. The monoisotopic (exact) mass is 251 g/mol. The molecule has 1 aromatic carbocycles. The topological polar surface area (TPSA) is 78.6 Å². The third-order valence-corrected chi connectivity index (χ3v) is 3.06. The summed E-state index contributed by atoms with van der Waals surface area (Å²) in [6.45, 7) is 0.559. The summed E-state index contributed by atoms with van der Waals surface area (Å²) in [5.41, 5.74) is 1.58. The van der Waals surface area contributed by atoms with Gasteiger partial charge in [-0.15, -0.1) is 0 Å². The normalized spacial score (nSPS) is 14.3. The van der Waals surface area contributed by atoms with Gasteiger partial charge in [0.25, 0.3) is 5.69 Å². The van der Waals surface area contributed by atoms with Gasteiger partial charge in [0.2, 0.25) is 0 Å². The average Bonchev–Trinajstić information content (AvgIpc) is 3.19. The van der Waals surface area contributed by atoms with Crippen molar-refractivity contribution in [3.05, 3.63) is 28.3 Å². The molecule has 1 aromatic rings. The molecular formula is C12H17N3O3. The van der Waals surface area contributed by atoms with Gasteiger partial charge in [-0.05, 0) is 18.9 Å². The van der Waals surface area contributed by atoms with Gasteiger partial charge in [0, 0.05) is 43.1 Å². The quantitative estimate of drug-likeness (QED) is 0.593.